The maximum Gasteiger partial charge on any atom is 0.335 e. The number of aromatic carboxylic acids is 1. The Morgan fingerprint density at radius 3 is 2.26 bits per heavy atom. The predicted molar refractivity (Wildman–Crippen MR) is 122 cm³/mol. The first kappa shape index (κ1) is 26.4. The fourth-order valence-corrected chi connectivity index (χ4v) is 4.12. The molecule has 13 heteroatoms. The van der Waals surface area contributed by atoms with E-state index in [2.05, 4.69) is 10.6 Å². The minimum Gasteiger partial charge on any atom is -0.478 e. The zero-order valence-corrected chi connectivity index (χ0v) is 18.8. The summed E-state index contributed by atoms with van der Waals surface area (Å²) in [5, 5.41) is 30.6. The van der Waals surface area contributed by atoms with Crippen LogP contribution in [0.1, 0.15) is 27.0 Å². The fourth-order valence-electron chi connectivity index (χ4n) is 2.80. The van der Waals surface area contributed by atoms with Gasteiger partial charge in [-0.15, -0.1) is 0 Å². The first-order valence-electron chi connectivity index (χ1n) is 9.91. The molecule has 34 heavy (non-hydrogen) atoms. The van der Waals surface area contributed by atoms with Crippen LogP contribution in [0.2, 0.25) is 0 Å². The molecule has 0 aliphatic carbocycles. The molecule has 2 aromatic carbocycles. The smallest absolute Gasteiger partial charge is 0.335 e. The van der Waals surface area contributed by atoms with Crippen LogP contribution < -0.4 is 21.1 Å². The summed E-state index contributed by atoms with van der Waals surface area (Å²) in [6, 6.07) is 10.4. The largest absolute Gasteiger partial charge is 0.478 e. The van der Waals surface area contributed by atoms with Crippen molar-refractivity contribution in [2.45, 2.75) is 18.3 Å². The van der Waals surface area contributed by atoms with E-state index in [1.165, 1.54) is 24.3 Å². The molecule has 0 heterocycles. The number of aliphatic hydroxyl groups excluding tert-OH is 1. The van der Waals surface area contributed by atoms with E-state index in [0.717, 1.165) is 5.56 Å². The number of rotatable bonds is 12. The third-order valence-electron chi connectivity index (χ3n) is 4.53. The normalized spacial score (nSPS) is 11.9. The third-order valence-corrected chi connectivity index (χ3v) is 5.89. The predicted octanol–water partition coefficient (Wildman–Crippen LogP) is -1.12. The van der Waals surface area contributed by atoms with Gasteiger partial charge in [0.1, 0.15) is 11.9 Å². The van der Waals surface area contributed by atoms with Crippen molar-refractivity contribution in [3.63, 3.8) is 0 Å². The Hall–Kier alpha value is -3.81. The first-order chi connectivity index (χ1) is 16.0. The topological polar surface area (TPSA) is 212 Å². The summed E-state index contributed by atoms with van der Waals surface area (Å²) in [5.41, 5.74) is 6.73. The summed E-state index contributed by atoms with van der Waals surface area (Å²) in [4.78, 5) is 35.3. The molecular weight excluding hydrogens is 466 g/mol. The molecule has 0 unspecified atom stereocenters. The van der Waals surface area contributed by atoms with Gasteiger partial charge in [0.2, 0.25) is 21.8 Å². The average molecular weight is 492 g/mol. The van der Waals surface area contributed by atoms with E-state index < -0.39 is 52.8 Å². The van der Waals surface area contributed by atoms with Crippen LogP contribution in [-0.2, 0) is 31.9 Å². The highest BCUT2D eigenvalue weighted by Crippen LogP contribution is 2.09. The van der Waals surface area contributed by atoms with Gasteiger partial charge >= 0.3 is 5.97 Å². The molecular formula is C21H25N5O7S. The lowest BCUT2D eigenvalue weighted by Gasteiger charge is -2.16. The van der Waals surface area contributed by atoms with Gasteiger partial charge in [-0.3, -0.25) is 15.0 Å². The summed E-state index contributed by atoms with van der Waals surface area (Å²) in [6.07, 6.45) is 0. The number of carboxylic acid groups (broad SMARTS) is 1. The molecule has 0 aliphatic rings. The Balaban J connectivity index is 1.86. The van der Waals surface area contributed by atoms with Crippen LogP contribution in [0, 0.1) is 5.41 Å². The second kappa shape index (κ2) is 11.9. The second-order valence-corrected chi connectivity index (χ2v) is 8.98. The first-order valence-corrected chi connectivity index (χ1v) is 11.6. The van der Waals surface area contributed by atoms with Crippen LogP contribution in [0.15, 0.2) is 48.5 Å². The molecule has 0 spiro atoms. The lowest BCUT2D eigenvalue weighted by atomic mass is 10.1. The van der Waals surface area contributed by atoms with E-state index in [4.69, 9.17) is 16.2 Å². The minimum atomic E-state index is -4.12. The van der Waals surface area contributed by atoms with E-state index in [9.17, 15) is 27.9 Å². The maximum atomic E-state index is 12.4. The molecule has 12 nitrogen and oxygen atoms in total. The molecule has 182 valence electrons. The SMILES string of the molecule is N=C(N)c1ccc(CNC(=O)CNC(=O)[C@@H](CO)NS(=O)(=O)Cc2cccc(C(=O)O)c2)cc1. The van der Waals surface area contributed by atoms with Crippen molar-refractivity contribution in [3.05, 3.63) is 70.8 Å². The van der Waals surface area contributed by atoms with Crippen LogP contribution in [-0.4, -0.2) is 61.4 Å². The number of hydrogen-bond acceptors (Lipinski definition) is 7. The standard InChI is InChI=1S/C21H25N5O7S/c22-19(23)15-6-4-13(5-7-15)9-24-18(28)10-25-20(29)17(11-27)26-34(32,33)12-14-2-1-3-16(8-14)21(30)31/h1-8,17,26-27H,9-12H2,(H3,22,23)(H,24,28)(H,25,29)(H,30,31)/t17-/m1/s1. The van der Waals surface area contributed by atoms with Gasteiger partial charge < -0.3 is 26.6 Å². The van der Waals surface area contributed by atoms with Crippen LogP contribution in [0.3, 0.4) is 0 Å². The van der Waals surface area contributed by atoms with Crippen LogP contribution in [0.5, 0.6) is 0 Å². The van der Waals surface area contributed by atoms with Gasteiger partial charge in [-0.2, -0.15) is 0 Å². The number of nitrogens with two attached hydrogens (primary N) is 1. The van der Waals surface area contributed by atoms with Crippen molar-refractivity contribution in [3.8, 4) is 0 Å². The number of carboxylic acids is 1. The lowest BCUT2D eigenvalue weighted by Crippen LogP contribution is -2.50. The summed E-state index contributed by atoms with van der Waals surface area (Å²) in [6.45, 7) is -1.16. The highest BCUT2D eigenvalue weighted by atomic mass is 32.2. The summed E-state index contributed by atoms with van der Waals surface area (Å²) in [7, 11) is -4.12. The summed E-state index contributed by atoms with van der Waals surface area (Å²) < 4.78 is 26.8. The van der Waals surface area contributed by atoms with Crippen LogP contribution >= 0.6 is 0 Å². The van der Waals surface area contributed by atoms with Gasteiger partial charge in [0, 0.05) is 12.1 Å². The zero-order valence-electron chi connectivity index (χ0n) is 17.9. The minimum absolute atomic E-state index is 0.0823. The Morgan fingerprint density at radius 2 is 1.68 bits per heavy atom. The Labute approximate surface area is 195 Å². The molecule has 0 radical (unpaired) electrons. The van der Waals surface area contributed by atoms with Gasteiger partial charge in [0.05, 0.1) is 24.5 Å². The molecule has 0 bridgehead atoms. The van der Waals surface area contributed by atoms with Gasteiger partial charge in [0.15, 0.2) is 0 Å². The highest BCUT2D eigenvalue weighted by molar-refractivity contribution is 7.88. The van der Waals surface area contributed by atoms with Gasteiger partial charge in [-0.25, -0.2) is 17.9 Å². The third kappa shape index (κ3) is 8.27. The fraction of sp³-hybridized carbons (Fsp3) is 0.238. The number of carbonyl (C=O) groups excluding carboxylic acids is 2. The number of nitrogens with one attached hydrogen (secondary N) is 4. The molecule has 0 saturated heterocycles. The molecule has 2 rings (SSSR count). The molecule has 8 N–H and O–H groups in total. The number of carbonyl (C=O) groups is 3. The number of hydrogen-bond donors (Lipinski definition) is 7. The van der Waals surface area contributed by atoms with Gasteiger partial charge in [-0.1, -0.05) is 36.4 Å². The lowest BCUT2D eigenvalue weighted by molar-refractivity contribution is -0.127. The Morgan fingerprint density at radius 1 is 1.00 bits per heavy atom. The number of nitrogen functional groups attached to an aromatic ring is 1. The number of amides is 2. The second-order valence-electron chi connectivity index (χ2n) is 7.22. The zero-order chi connectivity index (χ0) is 25.3. The van der Waals surface area contributed by atoms with Crippen molar-refractivity contribution in [1.29, 1.82) is 5.41 Å². The molecule has 1 atom stereocenters. The van der Waals surface area contributed by atoms with Crippen molar-refractivity contribution in [2.75, 3.05) is 13.2 Å². The quantitative estimate of drug-likeness (QED) is 0.142. The van der Waals surface area contributed by atoms with Crippen molar-refractivity contribution >= 4 is 33.6 Å². The van der Waals surface area contributed by atoms with Crippen LogP contribution in [0.25, 0.3) is 0 Å². The van der Waals surface area contributed by atoms with E-state index in [0.29, 0.717) is 5.56 Å². The number of amidine groups is 1. The van der Waals surface area contributed by atoms with E-state index in [-0.39, 0.29) is 23.5 Å². The molecule has 0 saturated carbocycles. The van der Waals surface area contributed by atoms with Crippen molar-refractivity contribution < 1.29 is 33.0 Å². The molecule has 0 fully saturated rings. The summed E-state index contributed by atoms with van der Waals surface area (Å²) >= 11 is 0. The van der Waals surface area contributed by atoms with Crippen LogP contribution in [0.4, 0.5) is 0 Å². The monoisotopic (exact) mass is 491 g/mol. The summed E-state index contributed by atoms with van der Waals surface area (Å²) in [5.74, 6) is -3.37. The highest BCUT2D eigenvalue weighted by Gasteiger charge is 2.24. The van der Waals surface area contributed by atoms with Gasteiger partial charge in [-0.05, 0) is 23.3 Å². The maximum absolute atomic E-state index is 12.4. The van der Waals surface area contributed by atoms with E-state index in [1.54, 1.807) is 24.3 Å². The number of benzene rings is 2. The van der Waals surface area contributed by atoms with Gasteiger partial charge in [0.25, 0.3) is 0 Å². The average Bonchev–Trinajstić information content (AvgIpc) is 2.79. The molecule has 0 aromatic heterocycles. The Kier molecular flexibility index (Phi) is 9.24. The van der Waals surface area contributed by atoms with E-state index in [1.807, 2.05) is 4.72 Å². The molecule has 2 aromatic rings. The number of aliphatic hydroxyl groups is 1. The molecule has 0 aliphatic heterocycles. The molecule has 2 amide bonds. The van der Waals surface area contributed by atoms with Crippen molar-refractivity contribution in [1.82, 2.24) is 15.4 Å². The Bertz CT molecular complexity index is 1170. The van der Waals surface area contributed by atoms with E-state index >= 15 is 0 Å². The number of sulfonamides is 1. The van der Waals surface area contributed by atoms with Crippen molar-refractivity contribution in [2.24, 2.45) is 5.73 Å².